The zero-order chi connectivity index (χ0) is 16.8. The van der Waals surface area contributed by atoms with E-state index in [4.69, 9.17) is 16.3 Å². The minimum atomic E-state index is -0.145. The second-order valence-electron chi connectivity index (χ2n) is 5.53. The summed E-state index contributed by atoms with van der Waals surface area (Å²) in [6, 6.07) is 16.1. The Morgan fingerprint density at radius 3 is 2.79 bits per heavy atom. The number of benzene rings is 2. The smallest absolute Gasteiger partial charge is 0.234 e. The second-order valence-corrected chi connectivity index (χ2v) is 5.80. The van der Waals surface area contributed by atoms with Gasteiger partial charge in [-0.15, -0.1) is 11.6 Å². The summed E-state index contributed by atoms with van der Waals surface area (Å²) in [7, 11) is 0. The summed E-state index contributed by atoms with van der Waals surface area (Å²) in [5.41, 5.74) is 3.33. The highest BCUT2D eigenvalue weighted by atomic mass is 35.5. The molecule has 0 atom stereocenters. The van der Waals surface area contributed by atoms with Crippen LogP contribution in [0.1, 0.15) is 11.1 Å². The topological polar surface area (TPSA) is 54.1 Å². The first-order chi connectivity index (χ1) is 11.8. The van der Waals surface area contributed by atoms with Crippen LogP contribution >= 0.6 is 11.6 Å². The number of carbonyl (C=O) groups is 1. The molecule has 0 radical (unpaired) electrons. The molecule has 0 spiro atoms. The van der Waals surface area contributed by atoms with Crippen molar-refractivity contribution in [3.05, 3.63) is 65.9 Å². The van der Waals surface area contributed by atoms with Crippen LogP contribution in [0.15, 0.2) is 54.7 Å². The first-order valence-electron chi connectivity index (χ1n) is 7.85. The maximum atomic E-state index is 11.2. The van der Waals surface area contributed by atoms with Crippen molar-refractivity contribution in [2.75, 3.05) is 12.4 Å². The molecule has 1 heterocycles. The van der Waals surface area contributed by atoms with E-state index in [0.717, 1.165) is 34.2 Å². The van der Waals surface area contributed by atoms with E-state index in [1.807, 2.05) is 54.7 Å². The van der Waals surface area contributed by atoms with Crippen molar-refractivity contribution >= 4 is 28.4 Å². The highest BCUT2D eigenvalue weighted by molar-refractivity contribution is 6.27. The minimum absolute atomic E-state index is 0.00397. The van der Waals surface area contributed by atoms with Crippen molar-refractivity contribution in [2.24, 2.45) is 0 Å². The van der Waals surface area contributed by atoms with Crippen molar-refractivity contribution in [3.8, 4) is 5.75 Å². The van der Waals surface area contributed by atoms with E-state index in [0.29, 0.717) is 13.2 Å². The van der Waals surface area contributed by atoms with E-state index >= 15 is 0 Å². The van der Waals surface area contributed by atoms with Gasteiger partial charge in [0.1, 0.15) is 18.2 Å². The average Bonchev–Trinajstić information content (AvgIpc) is 3.03. The lowest BCUT2D eigenvalue weighted by Gasteiger charge is -2.07. The number of alkyl halides is 1. The Bertz CT molecular complexity index is 815. The van der Waals surface area contributed by atoms with Gasteiger partial charge in [-0.25, -0.2) is 0 Å². The number of rotatable bonds is 7. The molecule has 2 aromatic carbocycles. The maximum absolute atomic E-state index is 11.2. The molecular formula is C19H19ClN2O2. The lowest BCUT2D eigenvalue weighted by molar-refractivity contribution is -0.118. The quantitative estimate of drug-likeness (QED) is 0.644. The molecule has 3 aromatic rings. The molecular weight excluding hydrogens is 324 g/mol. The molecule has 0 aliphatic carbocycles. The number of hydrogen-bond donors (Lipinski definition) is 2. The lowest BCUT2D eigenvalue weighted by atomic mass is 10.1. The van der Waals surface area contributed by atoms with E-state index in [1.54, 1.807) is 0 Å². The molecule has 0 saturated heterocycles. The summed E-state index contributed by atoms with van der Waals surface area (Å²) in [6.07, 6.45) is 2.73. The van der Waals surface area contributed by atoms with Gasteiger partial charge >= 0.3 is 0 Å². The third kappa shape index (κ3) is 4.09. The molecule has 3 rings (SSSR count). The Morgan fingerprint density at radius 2 is 2.00 bits per heavy atom. The van der Waals surface area contributed by atoms with E-state index in [-0.39, 0.29) is 11.8 Å². The molecule has 5 heteroatoms. The van der Waals surface area contributed by atoms with Gasteiger partial charge in [0.25, 0.3) is 0 Å². The first-order valence-corrected chi connectivity index (χ1v) is 8.39. The van der Waals surface area contributed by atoms with Crippen LogP contribution in [-0.2, 0) is 17.8 Å². The number of aromatic nitrogens is 1. The summed E-state index contributed by atoms with van der Waals surface area (Å²) >= 11 is 5.47. The Labute approximate surface area is 145 Å². The molecule has 2 N–H and O–H groups in total. The zero-order valence-corrected chi connectivity index (χ0v) is 14.0. The molecule has 0 saturated carbocycles. The zero-order valence-electron chi connectivity index (χ0n) is 13.2. The molecule has 24 heavy (non-hydrogen) atoms. The van der Waals surface area contributed by atoms with Crippen molar-refractivity contribution in [1.82, 2.24) is 10.3 Å². The highest BCUT2D eigenvalue weighted by Crippen LogP contribution is 2.24. The fraction of sp³-hybridized carbons (Fsp3) is 0.211. The van der Waals surface area contributed by atoms with Gasteiger partial charge in [0.05, 0.1) is 0 Å². The fourth-order valence-electron chi connectivity index (χ4n) is 2.59. The Hall–Kier alpha value is -2.46. The largest absolute Gasteiger partial charge is 0.489 e. The number of aromatic amines is 1. The van der Waals surface area contributed by atoms with Gasteiger partial charge in [-0.05, 0) is 29.7 Å². The molecule has 0 unspecified atom stereocenters. The van der Waals surface area contributed by atoms with Gasteiger partial charge in [-0.3, -0.25) is 4.79 Å². The summed E-state index contributed by atoms with van der Waals surface area (Å²) in [4.78, 5) is 14.4. The Kier molecular flexibility index (Phi) is 5.39. The predicted molar refractivity (Wildman–Crippen MR) is 96.5 cm³/mol. The lowest BCUT2D eigenvalue weighted by Crippen LogP contribution is -2.26. The monoisotopic (exact) mass is 342 g/mol. The number of nitrogens with one attached hydrogen (secondary N) is 2. The fourth-order valence-corrected chi connectivity index (χ4v) is 2.68. The number of carbonyl (C=O) groups excluding carboxylic acids is 1. The number of hydrogen-bond acceptors (Lipinski definition) is 2. The summed E-state index contributed by atoms with van der Waals surface area (Å²) < 4.78 is 5.84. The second kappa shape index (κ2) is 7.88. The predicted octanol–water partition coefficient (Wildman–Crippen LogP) is 3.64. The van der Waals surface area contributed by atoms with Gasteiger partial charge in [-0.1, -0.05) is 30.3 Å². The average molecular weight is 343 g/mol. The standard InChI is InChI=1S/C19H19ClN2O2/c20-11-19(23)21-9-8-15-12-22-18-10-16(6-7-17(15)18)24-13-14-4-2-1-3-5-14/h1-7,10,12,22H,8-9,11,13H2,(H,21,23). The highest BCUT2D eigenvalue weighted by Gasteiger charge is 2.06. The minimum Gasteiger partial charge on any atom is -0.489 e. The Balaban J connectivity index is 1.63. The normalized spacial score (nSPS) is 10.7. The van der Waals surface area contributed by atoms with E-state index in [1.165, 1.54) is 0 Å². The van der Waals surface area contributed by atoms with Crippen LogP contribution in [0.3, 0.4) is 0 Å². The first kappa shape index (κ1) is 16.4. The van der Waals surface area contributed by atoms with Gasteiger partial charge in [0, 0.05) is 29.7 Å². The van der Waals surface area contributed by atoms with Crippen molar-refractivity contribution in [2.45, 2.75) is 13.0 Å². The molecule has 0 fully saturated rings. The van der Waals surface area contributed by atoms with Gasteiger partial charge in [0.15, 0.2) is 0 Å². The van der Waals surface area contributed by atoms with E-state index in [2.05, 4.69) is 10.3 Å². The molecule has 4 nitrogen and oxygen atoms in total. The van der Waals surface area contributed by atoms with Crippen molar-refractivity contribution < 1.29 is 9.53 Å². The van der Waals surface area contributed by atoms with Crippen LogP contribution in [0.2, 0.25) is 0 Å². The van der Waals surface area contributed by atoms with Gasteiger partial charge < -0.3 is 15.0 Å². The van der Waals surface area contributed by atoms with Crippen LogP contribution in [0.4, 0.5) is 0 Å². The number of H-pyrrole nitrogens is 1. The number of ether oxygens (including phenoxy) is 1. The number of fused-ring (bicyclic) bond motifs is 1. The number of amides is 1. The molecule has 124 valence electrons. The van der Waals surface area contributed by atoms with Gasteiger partial charge in [0.2, 0.25) is 5.91 Å². The number of halogens is 1. The van der Waals surface area contributed by atoms with Crippen LogP contribution < -0.4 is 10.1 Å². The van der Waals surface area contributed by atoms with Crippen LogP contribution in [0.25, 0.3) is 10.9 Å². The van der Waals surface area contributed by atoms with Crippen LogP contribution in [0, 0.1) is 0 Å². The van der Waals surface area contributed by atoms with Crippen LogP contribution in [0.5, 0.6) is 5.75 Å². The van der Waals surface area contributed by atoms with Gasteiger partial charge in [-0.2, -0.15) is 0 Å². The molecule has 0 aliphatic rings. The molecule has 1 amide bonds. The SMILES string of the molecule is O=C(CCl)NCCc1c[nH]c2cc(OCc3ccccc3)ccc12. The van der Waals surface area contributed by atoms with E-state index in [9.17, 15) is 4.79 Å². The van der Waals surface area contributed by atoms with E-state index < -0.39 is 0 Å². The summed E-state index contributed by atoms with van der Waals surface area (Å²) in [5.74, 6) is 0.680. The maximum Gasteiger partial charge on any atom is 0.234 e. The molecule has 0 aliphatic heterocycles. The van der Waals surface area contributed by atoms with Crippen molar-refractivity contribution in [1.29, 1.82) is 0 Å². The van der Waals surface area contributed by atoms with Crippen molar-refractivity contribution in [3.63, 3.8) is 0 Å². The summed E-state index contributed by atoms with van der Waals surface area (Å²) in [5, 5.41) is 3.92. The summed E-state index contributed by atoms with van der Waals surface area (Å²) in [6.45, 7) is 1.12. The molecule has 0 bridgehead atoms. The molecule has 1 aromatic heterocycles. The van der Waals surface area contributed by atoms with Crippen LogP contribution in [-0.4, -0.2) is 23.3 Å². The third-order valence-corrected chi connectivity index (χ3v) is 4.07. The third-order valence-electron chi connectivity index (χ3n) is 3.83. The Morgan fingerprint density at radius 1 is 1.17 bits per heavy atom.